The first-order valence-electron chi connectivity index (χ1n) is 6.77. The Morgan fingerprint density at radius 3 is 2.63 bits per heavy atom. The van der Waals surface area contributed by atoms with Crippen molar-refractivity contribution in [1.82, 2.24) is 4.90 Å². The molecule has 1 aromatic carbocycles. The predicted molar refractivity (Wildman–Crippen MR) is 73.3 cm³/mol. The van der Waals surface area contributed by atoms with Crippen LogP contribution in [0.15, 0.2) is 24.3 Å². The molecule has 1 aromatic rings. The largest absolute Gasteiger partial charge is 0.491 e. The van der Waals surface area contributed by atoms with Crippen molar-refractivity contribution in [2.75, 3.05) is 19.7 Å². The second-order valence-electron chi connectivity index (χ2n) is 5.28. The van der Waals surface area contributed by atoms with Crippen molar-refractivity contribution in [3.63, 3.8) is 0 Å². The number of carbonyl (C=O) groups is 1. The van der Waals surface area contributed by atoms with Gasteiger partial charge in [0, 0.05) is 31.2 Å². The van der Waals surface area contributed by atoms with E-state index in [2.05, 4.69) is 0 Å². The summed E-state index contributed by atoms with van der Waals surface area (Å²) in [6.45, 7) is 5.48. The van der Waals surface area contributed by atoms with Crippen LogP contribution in [0, 0.1) is 5.92 Å². The summed E-state index contributed by atoms with van der Waals surface area (Å²) in [5.74, 6) is 1.04. The minimum absolute atomic E-state index is 0.0343. The third-order valence-electron chi connectivity index (χ3n) is 3.30. The van der Waals surface area contributed by atoms with Crippen molar-refractivity contribution in [2.45, 2.75) is 26.4 Å². The molecule has 4 nitrogen and oxygen atoms in total. The van der Waals surface area contributed by atoms with Gasteiger partial charge in [-0.1, -0.05) is 0 Å². The quantitative estimate of drug-likeness (QED) is 0.903. The van der Waals surface area contributed by atoms with Crippen LogP contribution in [-0.2, 0) is 0 Å². The second-order valence-corrected chi connectivity index (χ2v) is 5.28. The maximum absolute atomic E-state index is 12.2. The molecule has 1 amide bonds. The SMILES string of the molecule is CC(C)Oc1ccc(C(=O)N2CCC(CO)C2)cc1. The van der Waals surface area contributed by atoms with Gasteiger partial charge in [0.25, 0.3) is 5.91 Å². The second kappa shape index (κ2) is 6.06. The molecule has 1 saturated heterocycles. The van der Waals surface area contributed by atoms with Crippen molar-refractivity contribution in [3.8, 4) is 5.75 Å². The van der Waals surface area contributed by atoms with Gasteiger partial charge < -0.3 is 14.7 Å². The molecular weight excluding hydrogens is 242 g/mol. The summed E-state index contributed by atoms with van der Waals surface area (Å²) in [5, 5.41) is 9.10. The van der Waals surface area contributed by atoms with Crippen molar-refractivity contribution < 1.29 is 14.6 Å². The van der Waals surface area contributed by atoms with E-state index in [-0.39, 0.29) is 24.5 Å². The van der Waals surface area contributed by atoms with E-state index in [9.17, 15) is 4.79 Å². The van der Waals surface area contributed by atoms with Crippen LogP contribution in [0.5, 0.6) is 5.75 Å². The number of carbonyl (C=O) groups excluding carboxylic acids is 1. The van der Waals surface area contributed by atoms with Crippen molar-refractivity contribution in [3.05, 3.63) is 29.8 Å². The third kappa shape index (κ3) is 3.47. The topological polar surface area (TPSA) is 49.8 Å². The van der Waals surface area contributed by atoms with Crippen LogP contribution in [0.25, 0.3) is 0 Å². The lowest BCUT2D eigenvalue weighted by molar-refractivity contribution is 0.0782. The average molecular weight is 263 g/mol. The van der Waals surface area contributed by atoms with Crippen LogP contribution in [0.2, 0.25) is 0 Å². The van der Waals surface area contributed by atoms with Crippen LogP contribution in [-0.4, -0.2) is 41.7 Å². The highest BCUT2D eigenvalue weighted by Gasteiger charge is 2.26. The van der Waals surface area contributed by atoms with E-state index in [1.807, 2.05) is 26.0 Å². The van der Waals surface area contributed by atoms with Gasteiger partial charge in [0.15, 0.2) is 0 Å². The molecule has 0 aromatic heterocycles. The highest BCUT2D eigenvalue weighted by Crippen LogP contribution is 2.20. The molecule has 1 N–H and O–H groups in total. The summed E-state index contributed by atoms with van der Waals surface area (Å²) in [7, 11) is 0. The Labute approximate surface area is 114 Å². The van der Waals surface area contributed by atoms with Gasteiger partial charge in [0.1, 0.15) is 5.75 Å². The van der Waals surface area contributed by atoms with Crippen LogP contribution in [0.1, 0.15) is 30.6 Å². The monoisotopic (exact) mass is 263 g/mol. The smallest absolute Gasteiger partial charge is 0.253 e. The Bertz CT molecular complexity index is 428. The Hall–Kier alpha value is -1.55. The van der Waals surface area contributed by atoms with E-state index in [1.54, 1.807) is 17.0 Å². The molecule has 0 aliphatic carbocycles. The number of aliphatic hydroxyl groups is 1. The summed E-state index contributed by atoms with van der Waals surface area (Å²) < 4.78 is 5.55. The number of ether oxygens (including phenoxy) is 1. The summed E-state index contributed by atoms with van der Waals surface area (Å²) >= 11 is 0. The lowest BCUT2D eigenvalue weighted by atomic mass is 10.1. The van der Waals surface area contributed by atoms with E-state index < -0.39 is 0 Å². The van der Waals surface area contributed by atoms with Crippen LogP contribution >= 0.6 is 0 Å². The lowest BCUT2D eigenvalue weighted by Crippen LogP contribution is -2.29. The number of hydrogen-bond donors (Lipinski definition) is 1. The molecule has 1 aliphatic heterocycles. The van der Waals surface area contributed by atoms with Gasteiger partial charge in [-0.15, -0.1) is 0 Å². The zero-order valence-corrected chi connectivity index (χ0v) is 11.5. The summed E-state index contributed by atoms with van der Waals surface area (Å²) in [6.07, 6.45) is 1.02. The fourth-order valence-corrected chi connectivity index (χ4v) is 2.30. The molecular formula is C15H21NO3. The first kappa shape index (κ1) is 13.9. The fourth-order valence-electron chi connectivity index (χ4n) is 2.30. The van der Waals surface area contributed by atoms with E-state index in [1.165, 1.54) is 0 Å². The number of nitrogens with zero attached hydrogens (tertiary/aromatic N) is 1. The van der Waals surface area contributed by atoms with Gasteiger partial charge in [-0.05, 0) is 44.5 Å². The molecule has 0 spiro atoms. The number of rotatable bonds is 4. The number of amides is 1. The predicted octanol–water partition coefficient (Wildman–Crippen LogP) is 1.93. The van der Waals surface area contributed by atoms with Gasteiger partial charge in [0.05, 0.1) is 6.10 Å². The first-order valence-corrected chi connectivity index (χ1v) is 6.77. The molecule has 4 heteroatoms. The summed E-state index contributed by atoms with van der Waals surface area (Å²) in [5.41, 5.74) is 0.676. The zero-order chi connectivity index (χ0) is 13.8. The molecule has 1 aliphatic rings. The Kier molecular flexibility index (Phi) is 4.43. The van der Waals surface area contributed by atoms with Crippen molar-refractivity contribution in [1.29, 1.82) is 0 Å². The van der Waals surface area contributed by atoms with Gasteiger partial charge in [-0.2, -0.15) is 0 Å². The molecule has 1 unspecified atom stereocenters. The summed E-state index contributed by atoms with van der Waals surface area (Å²) in [6, 6.07) is 7.25. The minimum atomic E-state index is 0.0343. The molecule has 19 heavy (non-hydrogen) atoms. The molecule has 1 fully saturated rings. The molecule has 104 valence electrons. The number of hydrogen-bond acceptors (Lipinski definition) is 3. The highest BCUT2D eigenvalue weighted by molar-refractivity contribution is 5.94. The number of aliphatic hydroxyl groups excluding tert-OH is 1. The maximum atomic E-state index is 12.2. The number of likely N-dealkylation sites (tertiary alicyclic amines) is 1. The van der Waals surface area contributed by atoms with Gasteiger partial charge >= 0.3 is 0 Å². The molecule has 1 atom stereocenters. The summed E-state index contributed by atoms with van der Waals surface area (Å²) in [4.78, 5) is 14.1. The van der Waals surface area contributed by atoms with Crippen LogP contribution in [0.3, 0.4) is 0 Å². The van der Waals surface area contributed by atoms with Crippen molar-refractivity contribution >= 4 is 5.91 Å². The van der Waals surface area contributed by atoms with Crippen LogP contribution in [0.4, 0.5) is 0 Å². The van der Waals surface area contributed by atoms with Gasteiger partial charge in [0.2, 0.25) is 0 Å². The molecule has 2 rings (SSSR count). The van der Waals surface area contributed by atoms with E-state index in [0.717, 1.165) is 18.7 Å². The fraction of sp³-hybridized carbons (Fsp3) is 0.533. The zero-order valence-electron chi connectivity index (χ0n) is 11.5. The van der Waals surface area contributed by atoms with Gasteiger partial charge in [-0.25, -0.2) is 0 Å². The Balaban J connectivity index is 2.00. The van der Waals surface area contributed by atoms with E-state index >= 15 is 0 Å². The lowest BCUT2D eigenvalue weighted by Gasteiger charge is -2.16. The normalized spacial score (nSPS) is 18.9. The molecule has 0 radical (unpaired) electrons. The Morgan fingerprint density at radius 2 is 2.11 bits per heavy atom. The first-order chi connectivity index (χ1) is 9.10. The third-order valence-corrected chi connectivity index (χ3v) is 3.30. The average Bonchev–Trinajstić information content (AvgIpc) is 2.87. The van der Waals surface area contributed by atoms with Crippen molar-refractivity contribution in [2.24, 2.45) is 5.92 Å². The standard InChI is InChI=1S/C15H21NO3/c1-11(2)19-14-5-3-13(4-6-14)15(18)16-8-7-12(9-16)10-17/h3-6,11-12,17H,7-10H2,1-2H3. The number of benzene rings is 1. The van der Waals surface area contributed by atoms with Gasteiger partial charge in [-0.3, -0.25) is 4.79 Å². The highest BCUT2D eigenvalue weighted by atomic mass is 16.5. The minimum Gasteiger partial charge on any atom is -0.491 e. The molecule has 0 saturated carbocycles. The maximum Gasteiger partial charge on any atom is 0.253 e. The molecule has 1 heterocycles. The van der Waals surface area contributed by atoms with E-state index in [4.69, 9.17) is 9.84 Å². The Morgan fingerprint density at radius 1 is 1.42 bits per heavy atom. The molecule has 0 bridgehead atoms. The van der Waals surface area contributed by atoms with Crippen LogP contribution < -0.4 is 4.74 Å². The van der Waals surface area contributed by atoms with E-state index in [0.29, 0.717) is 12.1 Å².